The first-order chi connectivity index (χ1) is 5.70. The van der Waals surface area contributed by atoms with Crippen molar-refractivity contribution in [2.24, 2.45) is 11.8 Å². The Kier molecular flexibility index (Phi) is 4.11. The molecule has 0 aromatic rings. The highest BCUT2D eigenvalue weighted by Gasteiger charge is 2.20. The summed E-state index contributed by atoms with van der Waals surface area (Å²) in [7, 11) is 0. The van der Waals surface area contributed by atoms with E-state index in [-0.39, 0.29) is 0 Å². The molecule has 0 aliphatic heterocycles. The number of hydrogen-bond acceptors (Lipinski definition) is 0. The van der Waals surface area contributed by atoms with Crippen molar-refractivity contribution in [1.29, 1.82) is 0 Å². The molecule has 12 heavy (non-hydrogen) atoms. The summed E-state index contributed by atoms with van der Waals surface area (Å²) in [5.41, 5.74) is 0. The van der Waals surface area contributed by atoms with Gasteiger partial charge in [0.2, 0.25) is 0 Å². The topological polar surface area (TPSA) is 0 Å². The summed E-state index contributed by atoms with van der Waals surface area (Å²) >= 11 is 0. The van der Waals surface area contributed by atoms with Crippen molar-refractivity contribution in [3.8, 4) is 0 Å². The largest absolute Gasteiger partial charge is 0.0628 e. The lowest BCUT2D eigenvalue weighted by atomic mass is 9.78. The summed E-state index contributed by atoms with van der Waals surface area (Å²) in [6.45, 7) is 7.02. The molecule has 0 heterocycles. The zero-order chi connectivity index (χ0) is 8.97. The molecule has 0 atom stereocenters. The van der Waals surface area contributed by atoms with E-state index in [0.29, 0.717) is 0 Å². The fraction of sp³-hybridized carbons (Fsp3) is 0.917. The zero-order valence-corrected chi connectivity index (χ0v) is 8.90. The molecule has 0 amide bonds. The Labute approximate surface area is 77.7 Å². The maximum absolute atomic E-state index is 2.37. The van der Waals surface area contributed by atoms with Crippen LogP contribution in [0.4, 0.5) is 0 Å². The van der Waals surface area contributed by atoms with E-state index in [9.17, 15) is 0 Å². The van der Waals surface area contributed by atoms with Crippen molar-refractivity contribution in [3.05, 3.63) is 5.92 Å². The predicted molar refractivity (Wildman–Crippen MR) is 54.9 cm³/mol. The van der Waals surface area contributed by atoms with Gasteiger partial charge in [-0.1, -0.05) is 40.0 Å². The van der Waals surface area contributed by atoms with Gasteiger partial charge in [0.25, 0.3) is 0 Å². The molecule has 0 bridgehead atoms. The fourth-order valence-electron chi connectivity index (χ4n) is 2.41. The average molecular weight is 167 g/mol. The lowest BCUT2D eigenvalue weighted by Gasteiger charge is -2.28. The summed E-state index contributed by atoms with van der Waals surface area (Å²) in [6, 6.07) is 0. The second-order valence-corrected chi connectivity index (χ2v) is 4.78. The minimum Gasteiger partial charge on any atom is -0.0628 e. The van der Waals surface area contributed by atoms with Gasteiger partial charge in [-0.15, -0.1) is 0 Å². The van der Waals surface area contributed by atoms with Crippen LogP contribution < -0.4 is 0 Å². The van der Waals surface area contributed by atoms with Gasteiger partial charge in [0.1, 0.15) is 0 Å². The van der Waals surface area contributed by atoms with Crippen molar-refractivity contribution < 1.29 is 0 Å². The van der Waals surface area contributed by atoms with Gasteiger partial charge in [0.15, 0.2) is 0 Å². The van der Waals surface area contributed by atoms with Crippen LogP contribution in [0.25, 0.3) is 0 Å². The SMILES string of the molecule is C[C](CC(C)C)C1CCCCC1. The van der Waals surface area contributed by atoms with E-state index in [0.717, 1.165) is 11.8 Å². The van der Waals surface area contributed by atoms with Crippen molar-refractivity contribution in [1.82, 2.24) is 0 Å². The summed E-state index contributed by atoms with van der Waals surface area (Å²) in [4.78, 5) is 0. The molecule has 1 aliphatic rings. The first-order valence-corrected chi connectivity index (χ1v) is 5.52. The van der Waals surface area contributed by atoms with Gasteiger partial charge in [-0.05, 0) is 37.0 Å². The Morgan fingerprint density at radius 1 is 1.17 bits per heavy atom. The van der Waals surface area contributed by atoms with Gasteiger partial charge in [0, 0.05) is 0 Å². The van der Waals surface area contributed by atoms with Crippen LogP contribution in [0, 0.1) is 17.8 Å². The van der Waals surface area contributed by atoms with E-state index < -0.39 is 0 Å². The highest BCUT2D eigenvalue weighted by atomic mass is 14.3. The maximum atomic E-state index is 2.37. The van der Waals surface area contributed by atoms with Gasteiger partial charge in [0.05, 0.1) is 0 Å². The average Bonchev–Trinajstić information content (AvgIpc) is 2.05. The van der Waals surface area contributed by atoms with Crippen LogP contribution in [0.1, 0.15) is 59.3 Å². The third-order valence-electron chi connectivity index (χ3n) is 3.03. The molecule has 0 aromatic heterocycles. The van der Waals surface area contributed by atoms with Crippen LogP contribution in [-0.4, -0.2) is 0 Å². The van der Waals surface area contributed by atoms with Crippen molar-refractivity contribution >= 4 is 0 Å². The Hall–Kier alpha value is 0. The van der Waals surface area contributed by atoms with Gasteiger partial charge >= 0.3 is 0 Å². The molecule has 1 aliphatic carbocycles. The zero-order valence-electron chi connectivity index (χ0n) is 8.90. The summed E-state index contributed by atoms with van der Waals surface area (Å²) in [5, 5.41) is 0. The van der Waals surface area contributed by atoms with E-state index in [1.807, 2.05) is 0 Å². The molecule has 1 saturated carbocycles. The lowest BCUT2D eigenvalue weighted by Crippen LogP contribution is -2.15. The van der Waals surface area contributed by atoms with E-state index in [4.69, 9.17) is 0 Å². The van der Waals surface area contributed by atoms with Crippen molar-refractivity contribution in [2.45, 2.75) is 59.3 Å². The standard InChI is InChI=1S/C12H23/c1-10(2)9-11(3)12-7-5-4-6-8-12/h10,12H,4-9H2,1-3H3. The fourth-order valence-corrected chi connectivity index (χ4v) is 2.41. The maximum Gasteiger partial charge on any atom is -0.0238 e. The second-order valence-electron chi connectivity index (χ2n) is 4.78. The molecule has 0 heteroatoms. The summed E-state index contributed by atoms with van der Waals surface area (Å²) in [5.74, 6) is 3.60. The molecule has 0 saturated heterocycles. The highest BCUT2D eigenvalue weighted by Crippen LogP contribution is 2.34. The van der Waals surface area contributed by atoms with Crippen LogP contribution >= 0.6 is 0 Å². The van der Waals surface area contributed by atoms with Gasteiger partial charge in [-0.25, -0.2) is 0 Å². The number of rotatable bonds is 3. The Bertz CT molecular complexity index is 109. The first-order valence-electron chi connectivity index (χ1n) is 5.52. The summed E-state index contributed by atoms with van der Waals surface area (Å²) in [6.07, 6.45) is 8.72. The molecule has 1 fully saturated rings. The quantitative estimate of drug-likeness (QED) is 0.590. The van der Waals surface area contributed by atoms with E-state index >= 15 is 0 Å². The van der Waals surface area contributed by atoms with E-state index in [2.05, 4.69) is 20.8 Å². The van der Waals surface area contributed by atoms with Gasteiger partial charge in [-0.3, -0.25) is 0 Å². The molecular formula is C12H23. The summed E-state index contributed by atoms with van der Waals surface area (Å²) < 4.78 is 0. The number of hydrogen-bond donors (Lipinski definition) is 0. The van der Waals surface area contributed by atoms with Crippen LogP contribution in [0.5, 0.6) is 0 Å². The molecule has 71 valence electrons. The molecule has 1 radical (unpaired) electrons. The third kappa shape index (κ3) is 3.16. The highest BCUT2D eigenvalue weighted by molar-refractivity contribution is 4.93. The van der Waals surface area contributed by atoms with E-state index in [1.54, 1.807) is 5.92 Å². The molecule has 0 nitrogen and oxygen atoms in total. The van der Waals surface area contributed by atoms with Crippen LogP contribution in [0.3, 0.4) is 0 Å². The van der Waals surface area contributed by atoms with Crippen LogP contribution in [0.15, 0.2) is 0 Å². The Balaban J connectivity index is 2.24. The molecule has 0 spiro atoms. The molecule has 0 unspecified atom stereocenters. The molecule has 0 aromatic carbocycles. The Morgan fingerprint density at radius 2 is 1.75 bits per heavy atom. The van der Waals surface area contributed by atoms with Crippen LogP contribution in [-0.2, 0) is 0 Å². The third-order valence-corrected chi connectivity index (χ3v) is 3.03. The molecule has 1 rings (SSSR count). The smallest absolute Gasteiger partial charge is 0.0238 e. The lowest BCUT2D eigenvalue weighted by molar-refractivity contribution is 0.346. The van der Waals surface area contributed by atoms with Crippen molar-refractivity contribution in [3.63, 3.8) is 0 Å². The van der Waals surface area contributed by atoms with E-state index in [1.165, 1.54) is 38.5 Å². The molecule has 0 N–H and O–H groups in total. The predicted octanol–water partition coefficient (Wildman–Crippen LogP) is 4.21. The van der Waals surface area contributed by atoms with Crippen molar-refractivity contribution in [2.75, 3.05) is 0 Å². The normalized spacial score (nSPS) is 20.8. The monoisotopic (exact) mass is 167 g/mol. The van der Waals surface area contributed by atoms with Gasteiger partial charge < -0.3 is 0 Å². The second kappa shape index (κ2) is 4.89. The first kappa shape index (κ1) is 10.1. The van der Waals surface area contributed by atoms with Gasteiger partial charge in [-0.2, -0.15) is 0 Å². The minimum absolute atomic E-state index is 0.854. The molecular weight excluding hydrogens is 144 g/mol. The Morgan fingerprint density at radius 3 is 2.25 bits per heavy atom. The van der Waals surface area contributed by atoms with Crippen LogP contribution in [0.2, 0.25) is 0 Å². The minimum atomic E-state index is 0.854.